The zero-order chi connectivity index (χ0) is 18.5. The third-order valence-corrected chi connectivity index (χ3v) is 6.74. The first-order valence-corrected chi connectivity index (χ1v) is 10.2. The lowest BCUT2D eigenvalue weighted by molar-refractivity contribution is 0.444. The quantitative estimate of drug-likeness (QED) is 0.697. The van der Waals surface area contributed by atoms with Crippen LogP contribution in [0.1, 0.15) is 76.5 Å². The summed E-state index contributed by atoms with van der Waals surface area (Å²) < 4.78 is 27.6. The number of hydrogen-bond acceptors (Lipinski definition) is 3. The van der Waals surface area contributed by atoms with Crippen molar-refractivity contribution < 1.29 is 8.42 Å². The summed E-state index contributed by atoms with van der Waals surface area (Å²) in [6, 6.07) is 5.94. The highest BCUT2D eigenvalue weighted by Gasteiger charge is 2.27. The van der Waals surface area contributed by atoms with Crippen LogP contribution in [0, 0.1) is 11.3 Å². The van der Waals surface area contributed by atoms with Gasteiger partial charge in [-0.1, -0.05) is 47.6 Å². The molecule has 0 aliphatic rings. The largest absolute Gasteiger partial charge is 0.243 e. The van der Waals surface area contributed by atoms with E-state index in [1.807, 2.05) is 33.8 Å². The van der Waals surface area contributed by atoms with Crippen molar-refractivity contribution >= 4 is 10.0 Å². The molecule has 0 aliphatic carbocycles. The molecule has 1 atom stereocenters. The van der Waals surface area contributed by atoms with Gasteiger partial charge in [0.15, 0.2) is 0 Å². The van der Waals surface area contributed by atoms with Crippen molar-refractivity contribution in [3.05, 3.63) is 28.8 Å². The second kappa shape index (κ2) is 8.64. The van der Waals surface area contributed by atoms with E-state index in [1.54, 1.807) is 6.07 Å². The van der Waals surface area contributed by atoms with Gasteiger partial charge in [0.05, 0.1) is 17.4 Å². The first kappa shape index (κ1) is 20.7. The van der Waals surface area contributed by atoms with Crippen molar-refractivity contribution in [2.24, 2.45) is 0 Å². The summed E-state index contributed by atoms with van der Waals surface area (Å²) in [5.41, 5.74) is 2.78. The maximum absolute atomic E-state index is 13.1. The Hall–Kier alpha value is -1.38. The molecule has 0 saturated heterocycles. The number of sulfonamides is 1. The molecule has 0 fully saturated rings. The first-order valence-electron chi connectivity index (χ1n) is 8.78. The molecule has 0 spiro atoms. The molecular formula is C19H30N2O2S. The Bertz CT molecular complexity index is 699. The van der Waals surface area contributed by atoms with Gasteiger partial charge in [-0.15, -0.1) is 0 Å². The van der Waals surface area contributed by atoms with E-state index in [0.717, 1.165) is 23.1 Å². The summed E-state index contributed by atoms with van der Waals surface area (Å²) in [7, 11) is -3.54. The number of nitrogens with zero attached hydrogens (tertiary/aromatic N) is 2. The van der Waals surface area contributed by atoms with Crippen molar-refractivity contribution in [1.29, 1.82) is 5.26 Å². The average molecular weight is 351 g/mol. The lowest BCUT2D eigenvalue weighted by atomic mass is 9.88. The molecule has 5 heteroatoms. The molecule has 1 aromatic carbocycles. The highest BCUT2D eigenvalue weighted by molar-refractivity contribution is 7.89. The highest BCUT2D eigenvalue weighted by atomic mass is 32.2. The van der Waals surface area contributed by atoms with Crippen LogP contribution in [0.3, 0.4) is 0 Å². The molecule has 0 saturated carbocycles. The van der Waals surface area contributed by atoms with Gasteiger partial charge >= 0.3 is 0 Å². The van der Waals surface area contributed by atoms with Crippen molar-refractivity contribution in [1.82, 2.24) is 4.31 Å². The minimum atomic E-state index is -3.54. The summed E-state index contributed by atoms with van der Waals surface area (Å²) in [6.07, 6.45) is 1.19. The van der Waals surface area contributed by atoms with Crippen molar-refractivity contribution in [2.75, 3.05) is 13.1 Å². The molecule has 1 unspecified atom stereocenters. The number of benzene rings is 1. The monoisotopic (exact) mass is 350 g/mol. The normalized spacial score (nSPS) is 13.3. The predicted octanol–water partition coefficient (Wildman–Crippen LogP) is 4.42. The van der Waals surface area contributed by atoms with Gasteiger partial charge in [0.25, 0.3) is 0 Å². The minimum absolute atomic E-state index is 0.101. The summed E-state index contributed by atoms with van der Waals surface area (Å²) in [4.78, 5) is 0.360. The smallest absolute Gasteiger partial charge is 0.207 e. The van der Waals surface area contributed by atoms with Crippen LogP contribution in [0.2, 0.25) is 0 Å². The SMILES string of the molecule is CCC(C)c1cc(C(C)C)c(S(=O)(=O)N(CC)CC)cc1CC#N. The standard InChI is InChI=1S/C19H30N2O2S/c1-7-15(6)18-13-17(14(4)5)19(12-16(18)10-11-20)24(22,23)21(8-2)9-3/h12-15H,7-10H2,1-6H3. The molecule has 0 bridgehead atoms. The minimum Gasteiger partial charge on any atom is -0.207 e. The third-order valence-electron chi connectivity index (χ3n) is 4.63. The fraction of sp³-hybridized carbons (Fsp3) is 0.632. The third kappa shape index (κ3) is 4.17. The fourth-order valence-electron chi connectivity index (χ4n) is 2.95. The zero-order valence-corrected chi connectivity index (χ0v) is 16.6. The summed E-state index contributed by atoms with van der Waals surface area (Å²) in [5.74, 6) is 0.403. The van der Waals surface area contributed by atoms with E-state index in [0.29, 0.717) is 23.9 Å². The van der Waals surface area contributed by atoms with Gasteiger partial charge in [0.2, 0.25) is 10.0 Å². The maximum Gasteiger partial charge on any atom is 0.243 e. The van der Waals surface area contributed by atoms with Crippen molar-refractivity contribution in [2.45, 2.75) is 71.1 Å². The Morgan fingerprint density at radius 1 is 1.08 bits per heavy atom. The van der Waals surface area contributed by atoms with Gasteiger partial charge in [0, 0.05) is 13.1 Å². The zero-order valence-electron chi connectivity index (χ0n) is 15.8. The van der Waals surface area contributed by atoms with Gasteiger partial charge in [0.1, 0.15) is 0 Å². The van der Waals surface area contributed by atoms with Crippen LogP contribution in [0.4, 0.5) is 0 Å². The Balaban J connectivity index is 3.72. The topological polar surface area (TPSA) is 61.2 Å². The molecule has 0 N–H and O–H groups in total. The van der Waals surface area contributed by atoms with E-state index < -0.39 is 10.0 Å². The molecule has 24 heavy (non-hydrogen) atoms. The van der Waals surface area contributed by atoms with Gasteiger partial charge in [-0.2, -0.15) is 9.57 Å². The van der Waals surface area contributed by atoms with Crippen LogP contribution in [0.5, 0.6) is 0 Å². The molecule has 4 nitrogen and oxygen atoms in total. The fourth-order valence-corrected chi connectivity index (χ4v) is 4.79. The summed E-state index contributed by atoms with van der Waals surface area (Å²) in [5, 5.41) is 9.16. The van der Waals surface area contributed by atoms with Crippen molar-refractivity contribution in [3.63, 3.8) is 0 Å². The lowest BCUT2D eigenvalue weighted by Crippen LogP contribution is -2.31. The van der Waals surface area contributed by atoms with Gasteiger partial charge in [-0.3, -0.25) is 0 Å². The molecular weight excluding hydrogens is 320 g/mol. The highest BCUT2D eigenvalue weighted by Crippen LogP contribution is 2.33. The number of nitriles is 1. The Morgan fingerprint density at radius 2 is 1.67 bits per heavy atom. The molecule has 1 rings (SSSR count). The van der Waals surface area contributed by atoms with Gasteiger partial charge in [-0.25, -0.2) is 8.42 Å². The number of rotatable bonds is 8. The lowest BCUT2D eigenvalue weighted by Gasteiger charge is -2.24. The molecule has 0 heterocycles. The van der Waals surface area contributed by atoms with Crippen LogP contribution in [-0.2, 0) is 16.4 Å². The number of hydrogen-bond donors (Lipinski definition) is 0. The summed E-state index contributed by atoms with van der Waals surface area (Å²) >= 11 is 0. The first-order chi connectivity index (χ1) is 11.2. The Morgan fingerprint density at radius 3 is 2.08 bits per heavy atom. The van der Waals surface area contributed by atoms with E-state index >= 15 is 0 Å². The Kier molecular flexibility index (Phi) is 7.44. The molecule has 0 aromatic heterocycles. The molecule has 1 aromatic rings. The second-order valence-corrected chi connectivity index (χ2v) is 8.38. The molecule has 0 aliphatic heterocycles. The van der Waals surface area contributed by atoms with E-state index in [4.69, 9.17) is 5.26 Å². The molecule has 134 valence electrons. The van der Waals surface area contributed by atoms with Gasteiger partial charge in [-0.05, 0) is 41.0 Å². The Labute approximate surface area is 147 Å². The molecule has 0 radical (unpaired) electrons. The van der Waals surface area contributed by atoms with E-state index in [1.165, 1.54) is 4.31 Å². The maximum atomic E-state index is 13.1. The van der Waals surface area contributed by atoms with Crippen LogP contribution < -0.4 is 0 Å². The van der Waals surface area contributed by atoms with Crippen LogP contribution in [0.25, 0.3) is 0 Å². The van der Waals surface area contributed by atoms with Gasteiger partial charge < -0.3 is 0 Å². The van der Waals surface area contributed by atoms with Crippen LogP contribution in [-0.4, -0.2) is 25.8 Å². The van der Waals surface area contributed by atoms with E-state index in [-0.39, 0.29) is 12.3 Å². The van der Waals surface area contributed by atoms with E-state index in [9.17, 15) is 8.42 Å². The molecule has 0 amide bonds. The predicted molar refractivity (Wildman–Crippen MR) is 98.7 cm³/mol. The van der Waals surface area contributed by atoms with Crippen LogP contribution in [0.15, 0.2) is 17.0 Å². The van der Waals surface area contributed by atoms with Crippen molar-refractivity contribution in [3.8, 4) is 6.07 Å². The average Bonchev–Trinajstić information content (AvgIpc) is 2.54. The second-order valence-electron chi connectivity index (χ2n) is 6.48. The summed E-state index contributed by atoms with van der Waals surface area (Å²) in [6.45, 7) is 12.8. The van der Waals surface area contributed by atoms with E-state index in [2.05, 4.69) is 19.9 Å². The van der Waals surface area contributed by atoms with Crippen LogP contribution >= 0.6 is 0 Å².